The van der Waals surface area contributed by atoms with Gasteiger partial charge >= 0.3 is 0 Å². The minimum Gasteiger partial charge on any atom is -0.327 e. The fraction of sp³-hybridized carbons (Fsp3) is 0.714. The van der Waals surface area contributed by atoms with Gasteiger partial charge in [-0.25, -0.2) is 0 Å². The van der Waals surface area contributed by atoms with Crippen LogP contribution in [0.1, 0.15) is 26.2 Å². The monoisotopic (exact) mass is 113 g/mol. The van der Waals surface area contributed by atoms with Gasteiger partial charge in [-0.05, 0) is 12.8 Å². The maximum absolute atomic E-state index is 5.62. The highest BCUT2D eigenvalue weighted by atomic mass is 14.6. The summed E-state index contributed by atoms with van der Waals surface area (Å²) in [5.41, 5.74) is 5.62. The lowest BCUT2D eigenvalue weighted by molar-refractivity contribution is 0.611. The zero-order valence-electron chi connectivity index (χ0n) is 5.56. The molecule has 0 saturated carbocycles. The van der Waals surface area contributed by atoms with Crippen LogP contribution in [0.25, 0.3) is 0 Å². The summed E-state index contributed by atoms with van der Waals surface area (Å²) in [5, 5.41) is 0. The Bertz CT molecular complexity index is 59.4. The molecule has 8 heavy (non-hydrogen) atoms. The molecule has 0 heterocycles. The van der Waals surface area contributed by atoms with E-state index in [1.165, 1.54) is 6.42 Å². The molecule has 0 aliphatic rings. The molecular formula is C7H15N. The first-order valence-corrected chi connectivity index (χ1v) is 3.17. The van der Waals surface area contributed by atoms with Gasteiger partial charge in [-0.2, -0.15) is 0 Å². The van der Waals surface area contributed by atoms with Crippen LogP contribution in [0, 0.1) is 0 Å². The first kappa shape index (κ1) is 7.70. The molecule has 1 atom stereocenters. The van der Waals surface area contributed by atoms with Gasteiger partial charge in [-0.15, -0.1) is 6.58 Å². The van der Waals surface area contributed by atoms with E-state index in [9.17, 15) is 0 Å². The summed E-state index contributed by atoms with van der Waals surface area (Å²) in [6.07, 6.45) is 5.12. The van der Waals surface area contributed by atoms with Gasteiger partial charge in [0.25, 0.3) is 0 Å². The zero-order valence-corrected chi connectivity index (χ0v) is 5.56. The smallest absolute Gasteiger partial charge is 0.00732 e. The van der Waals surface area contributed by atoms with Crippen molar-refractivity contribution in [2.75, 3.05) is 0 Å². The van der Waals surface area contributed by atoms with Gasteiger partial charge in [0, 0.05) is 6.04 Å². The minimum absolute atomic E-state index is 0.345. The second kappa shape index (κ2) is 4.85. The summed E-state index contributed by atoms with van der Waals surface area (Å²) in [7, 11) is 0. The van der Waals surface area contributed by atoms with Crippen molar-refractivity contribution in [3.05, 3.63) is 12.7 Å². The third-order valence-corrected chi connectivity index (χ3v) is 1.13. The molecule has 0 aromatic rings. The predicted molar refractivity (Wildman–Crippen MR) is 37.7 cm³/mol. The largest absolute Gasteiger partial charge is 0.327 e. The molecular weight excluding hydrogens is 98.1 g/mol. The average molecular weight is 113 g/mol. The Morgan fingerprint density at radius 1 is 1.75 bits per heavy atom. The van der Waals surface area contributed by atoms with Crippen LogP contribution in [-0.2, 0) is 0 Å². The minimum atomic E-state index is 0.345. The first-order valence-electron chi connectivity index (χ1n) is 3.17. The molecule has 0 amide bonds. The molecule has 1 heteroatoms. The van der Waals surface area contributed by atoms with Crippen LogP contribution in [0.2, 0.25) is 0 Å². The van der Waals surface area contributed by atoms with Crippen LogP contribution in [0.4, 0.5) is 0 Å². The fourth-order valence-corrected chi connectivity index (χ4v) is 0.703. The second-order valence-electron chi connectivity index (χ2n) is 2.07. The molecule has 0 aliphatic heterocycles. The third-order valence-electron chi connectivity index (χ3n) is 1.13. The molecule has 0 aromatic heterocycles. The summed E-state index contributed by atoms with van der Waals surface area (Å²) in [4.78, 5) is 0. The molecule has 0 aromatic carbocycles. The van der Waals surface area contributed by atoms with E-state index in [1.54, 1.807) is 0 Å². The van der Waals surface area contributed by atoms with Crippen molar-refractivity contribution in [2.45, 2.75) is 32.2 Å². The van der Waals surface area contributed by atoms with Gasteiger partial charge in [0.05, 0.1) is 0 Å². The van der Waals surface area contributed by atoms with Gasteiger partial charge in [-0.3, -0.25) is 0 Å². The SMILES string of the molecule is C=CCC(N)CCC. The molecule has 0 spiro atoms. The van der Waals surface area contributed by atoms with E-state index >= 15 is 0 Å². The summed E-state index contributed by atoms with van der Waals surface area (Å²) < 4.78 is 0. The Hall–Kier alpha value is -0.300. The van der Waals surface area contributed by atoms with Gasteiger partial charge in [0.1, 0.15) is 0 Å². The summed E-state index contributed by atoms with van der Waals surface area (Å²) in [6.45, 7) is 5.74. The van der Waals surface area contributed by atoms with E-state index in [0.717, 1.165) is 12.8 Å². The lowest BCUT2D eigenvalue weighted by Crippen LogP contribution is -2.17. The highest BCUT2D eigenvalue weighted by Gasteiger charge is 1.94. The average Bonchev–Trinajstić information content (AvgIpc) is 1.68. The van der Waals surface area contributed by atoms with Crippen LogP contribution in [0.3, 0.4) is 0 Å². The van der Waals surface area contributed by atoms with Crippen molar-refractivity contribution in [3.63, 3.8) is 0 Å². The maximum Gasteiger partial charge on any atom is 0.00732 e. The molecule has 0 radical (unpaired) electrons. The number of hydrogen-bond donors (Lipinski definition) is 1. The van der Waals surface area contributed by atoms with E-state index < -0.39 is 0 Å². The Morgan fingerprint density at radius 3 is 2.75 bits per heavy atom. The highest BCUT2D eigenvalue weighted by Crippen LogP contribution is 1.97. The second-order valence-corrected chi connectivity index (χ2v) is 2.07. The van der Waals surface area contributed by atoms with Crippen LogP contribution >= 0.6 is 0 Å². The van der Waals surface area contributed by atoms with Crippen LogP contribution in [0.15, 0.2) is 12.7 Å². The van der Waals surface area contributed by atoms with Gasteiger partial charge in [0.15, 0.2) is 0 Å². The van der Waals surface area contributed by atoms with Crippen LogP contribution in [-0.4, -0.2) is 6.04 Å². The summed E-state index contributed by atoms with van der Waals surface area (Å²) in [5.74, 6) is 0. The molecule has 0 aliphatic carbocycles. The van der Waals surface area contributed by atoms with Gasteiger partial charge < -0.3 is 5.73 Å². The number of hydrogen-bond acceptors (Lipinski definition) is 1. The van der Waals surface area contributed by atoms with Crippen LogP contribution < -0.4 is 5.73 Å². The van der Waals surface area contributed by atoms with Crippen molar-refractivity contribution in [3.8, 4) is 0 Å². The van der Waals surface area contributed by atoms with Crippen molar-refractivity contribution in [1.29, 1.82) is 0 Å². The van der Waals surface area contributed by atoms with E-state index in [1.807, 2.05) is 6.08 Å². The molecule has 2 N–H and O–H groups in total. The third kappa shape index (κ3) is 3.88. The van der Waals surface area contributed by atoms with E-state index in [0.29, 0.717) is 6.04 Å². The standard InChI is InChI=1S/C7H15N/c1-3-5-7(8)6-4-2/h3,7H,1,4-6,8H2,2H3. The lowest BCUT2D eigenvalue weighted by Gasteiger charge is -2.04. The number of rotatable bonds is 4. The summed E-state index contributed by atoms with van der Waals surface area (Å²) in [6, 6.07) is 0.345. The van der Waals surface area contributed by atoms with E-state index in [2.05, 4.69) is 13.5 Å². The molecule has 1 unspecified atom stereocenters. The molecule has 0 saturated heterocycles. The van der Waals surface area contributed by atoms with Gasteiger partial charge in [0.2, 0.25) is 0 Å². The Balaban J connectivity index is 3.03. The first-order chi connectivity index (χ1) is 3.81. The Labute approximate surface area is 51.6 Å². The Morgan fingerprint density at radius 2 is 2.38 bits per heavy atom. The van der Waals surface area contributed by atoms with Crippen molar-refractivity contribution >= 4 is 0 Å². The molecule has 0 bridgehead atoms. The van der Waals surface area contributed by atoms with Crippen molar-refractivity contribution in [2.24, 2.45) is 5.73 Å². The number of nitrogens with two attached hydrogens (primary N) is 1. The molecule has 0 fully saturated rings. The van der Waals surface area contributed by atoms with Crippen molar-refractivity contribution in [1.82, 2.24) is 0 Å². The lowest BCUT2D eigenvalue weighted by atomic mass is 10.1. The Kier molecular flexibility index (Phi) is 4.67. The maximum atomic E-state index is 5.62. The summed E-state index contributed by atoms with van der Waals surface area (Å²) >= 11 is 0. The topological polar surface area (TPSA) is 26.0 Å². The molecule has 0 rings (SSSR count). The van der Waals surface area contributed by atoms with Crippen LogP contribution in [0.5, 0.6) is 0 Å². The highest BCUT2D eigenvalue weighted by molar-refractivity contribution is 4.74. The fourth-order valence-electron chi connectivity index (χ4n) is 0.703. The van der Waals surface area contributed by atoms with E-state index in [-0.39, 0.29) is 0 Å². The normalized spacial score (nSPS) is 13.2. The quantitative estimate of drug-likeness (QED) is 0.552. The van der Waals surface area contributed by atoms with E-state index in [4.69, 9.17) is 5.73 Å². The zero-order chi connectivity index (χ0) is 6.41. The molecule has 48 valence electrons. The van der Waals surface area contributed by atoms with Crippen molar-refractivity contribution < 1.29 is 0 Å². The van der Waals surface area contributed by atoms with Gasteiger partial charge in [-0.1, -0.05) is 19.4 Å². The molecule has 1 nitrogen and oxygen atoms in total. The predicted octanol–water partition coefficient (Wildman–Crippen LogP) is 1.69.